The zero-order valence-corrected chi connectivity index (χ0v) is 10.5. The molecule has 0 radical (unpaired) electrons. The first kappa shape index (κ1) is 13.0. The molecule has 16 heavy (non-hydrogen) atoms. The molecule has 0 spiro atoms. The second kappa shape index (κ2) is 7.25. The van der Waals surface area contributed by atoms with E-state index in [0.717, 1.165) is 32.0 Å². The van der Waals surface area contributed by atoms with Gasteiger partial charge in [-0.15, -0.1) is 0 Å². The van der Waals surface area contributed by atoms with Gasteiger partial charge in [-0.05, 0) is 38.7 Å². The molecule has 1 aromatic rings. The minimum atomic E-state index is 0.724. The minimum absolute atomic E-state index is 0.724. The maximum atomic E-state index is 5.41. The highest BCUT2D eigenvalue weighted by atomic mass is 16.5. The summed E-state index contributed by atoms with van der Waals surface area (Å²) >= 11 is 0. The molecule has 0 aromatic heterocycles. The Labute approximate surface area is 98.4 Å². The molecule has 1 N–H and O–H groups in total. The van der Waals surface area contributed by atoms with Crippen LogP contribution in [-0.2, 0) is 6.54 Å². The van der Waals surface area contributed by atoms with E-state index in [1.807, 2.05) is 26.1 Å². The maximum Gasteiger partial charge on any atom is 0.119 e. The SMILES string of the molecule is CCOc1ccc(CN(C)CCNC)cc1. The molecule has 0 bridgehead atoms. The molecule has 3 nitrogen and oxygen atoms in total. The van der Waals surface area contributed by atoms with Crippen molar-refractivity contribution in [1.82, 2.24) is 10.2 Å². The third-order valence-corrected chi connectivity index (χ3v) is 2.43. The van der Waals surface area contributed by atoms with Gasteiger partial charge in [0.1, 0.15) is 5.75 Å². The van der Waals surface area contributed by atoms with E-state index >= 15 is 0 Å². The molecule has 0 saturated carbocycles. The van der Waals surface area contributed by atoms with E-state index in [0.29, 0.717) is 0 Å². The van der Waals surface area contributed by atoms with E-state index in [1.54, 1.807) is 0 Å². The summed E-state index contributed by atoms with van der Waals surface area (Å²) in [7, 11) is 4.11. The fourth-order valence-electron chi connectivity index (χ4n) is 1.55. The van der Waals surface area contributed by atoms with Gasteiger partial charge in [-0.25, -0.2) is 0 Å². The van der Waals surface area contributed by atoms with Crippen molar-refractivity contribution in [3.8, 4) is 5.75 Å². The Balaban J connectivity index is 2.41. The summed E-state index contributed by atoms with van der Waals surface area (Å²) < 4.78 is 5.41. The van der Waals surface area contributed by atoms with Gasteiger partial charge in [0.25, 0.3) is 0 Å². The van der Waals surface area contributed by atoms with E-state index in [2.05, 4.69) is 29.4 Å². The Morgan fingerprint density at radius 2 is 1.94 bits per heavy atom. The first-order valence-corrected chi connectivity index (χ1v) is 5.81. The lowest BCUT2D eigenvalue weighted by atomic mass is 10.2. The third-order valence-electron chi connectivity index (χ3n) is 2.43. The summed E-state index contributed by atoms with van der Waals surface area (Å²) in [5.41, 5.74) is 1.32. The molecule has 0 aliphatic rings. The number of nitrogens with zero attached hydrogens (tertiary/aromatic N) is 1. The van der Waals surface area contributed by atoms with Gasteiger partial charge in [-0.3, -0.25) is 0 Å². The van der Waals surface area contributed by atoms with E-state index in [4.69, 9.17) is 4.74 Å². The predicted molar refractivity (Wildman–Crippen MR) is 67.9 cm³/mol. The van der Waals surface area contributed by atoms with Crippen molar-refractivity contribution < 1.29 is 4.74 Å². The average Bonchev–Trinajstić information content (AvgIpc) is 2.29. The van der Waals surface area contributed by atoms with E-state index in [9.17, 15) is 0 Å². The Morgan fingerprint density at radius 3 is 2.50 bits per heavy atom. The quantitative estimate of drug-likeness (QED) is 0.760. The second-order valence-electron chi connectivity index (χ2n) is 3.92. The molecule has 0 aliphatic carbocycles. The number of ether oxygens (including phenoxy) is 1. The molecular formula is C13H22N2O. The van der Waals surface area contributed by atoms with Gasteiger partial charge in [-0.2, -0.15) is 0 Å². The standard InChI is InChI=1S/C13H22N2O/c1-4-16-13-7-5-12(6-8-13)11-15(3)10-9-14-2/h5-8,14H,4,9-11H2,1-3H3. The molecule has 0 atom stereocenters. The predicted octanol–water partition coefficient (Wildman–Crippen LogP) is 1.74. The molecule has 0 fully saturated rings. The number of rotatable bonds is 7. The zero-order valence-electron chi connectivity index (χ0n) is 10.5. The van der Waals surface area contributed by atoms with Crippen LogP contribution in [0.3, 0.4) is 0 Å². The van der Waals surface area contributed by atoms with Crippen molar-refractivity contribution >= 4 is 0 Å². The van der Waals surface area contributed by atoms with Gasteiger partial charge in [0.2, 0.25) is 0 Å². The van der Waals surface area contributed by atoms with Crippen LogP contribution in [0.2, 0.25) is 0 Å². The molecule has 90 valence electrons. The number of nitrogens with one attached hydrogen (secondary N) is 1. The van der Waals surface area contributed by atoms with Crippen LogP contribution in [0.25, 0.3) is 0 Å². The molecule has 0 aliphatic heterocycles. The molecule has 0 unspecified atom stereocenters. The minimum Gasteiger partial charge on any atom is -0.494 e. The van der Waals surface area contributed by atoms with Gasteiger partial charge in [0.15, 0.2) is 0 Å². The third kappa shape index (κ3) is 4.64. The molecule has 0 amide bonds. The first-order chi connectivity index (χ1) is 7.76. The number of hydrogen-bond acceptors (Lipinski definition) is 3. The van der Waals surface area contributed by atoms with Crippen LogP contribution in [0.15, 0.2) is 24.3 Å². The summed E-state index contributed by atoms with van der Waals surface area (Å²) in [6.45, 7) is 5.78. The lowest BCUT2D eigenvalue weighted by molar-refractivity contribution is 0.326. The van der Waals surface area contributed by atoms with Crippen molar-refractivity contribution in [2.45, 2.75) is 13.5 Å². The average molecular weight is 222 g/mol. The lowest BCUT2D eigenvalue weighted by Crippen LogP contribution is -2.26. The van der Waals surface area contributed by atoms with Gasteiger partial charge in [0, 0.05) is 19.6 Å². The van der Waals surface area contributed by atoms with Crippen LogP contribution in [0.5, 0.6) is 5.75 Å². The zero-order chi connectivity index (χ0) is 11.8. The summed E-state index contributed by atoms with van der Waals surface area (Å²) in [5.74, 6) is 0.948. The van der Waals surface area contributed by atoms with Crippen LogP contribution in [0, 0.1) is 0 Å². The first-order valence-electron chi connectivity index (χ1n) is 5.81. The highest BCUT2D eigenvalue weighted by Crippen LogP contribution is 2.12. The number of hydrogen-bond donors (Lipinski definition) is 1. The van der Waals surface area contributed by atoms with Crippen LogP contribution in [-0.4, -0.2) is 38.7 Å². The Bertz CT molecular complexity index is 284. The highest BCUT2D eigenvalue weighted by molar-refractivity contribution is 5.27. The van der Waals surface area contributed by atoms with Crippen molar-refractivity contribution in [3.63, 3.8) is 0 Å². The van der Waals surface area contributed by atoms with Gasteiger partial charge in [-0.1, -0.05) is 12.1 Å². The monoisotopic (exact) mass is 222 g/mol. The summed E-state index contributed by atoms with van der Waals surface area (Å²) in [6.07, 6.45) is 0. The fourth-order valence-corrected chi connectivity index (χ4v) is 1.55. The highest BCUT2D eigenvalue weighted by Gasteiger charge is 2.00. The Kier molecular flexibility index (Phi) is 5.90. The largest absolute Gasteiger partial charge is 0.494 e. The van der Waals surface area contributed by atoms with E-state index in [-0.39, 0.29) is 0 Å². The molecule has 3 heteroatoms. The van der Waals surface area contributed by atoms with Crippen molar-refractivity contribution in [2.75, 3.05) is 33.8 Å². The van der Waals surface area contributed by atoms with Crippen LogP contribution in [0.4, 0.5) is 0 Å². The molecule has 0 saturated heterocycles. The van der Waals surface area contributed by atoms with Crippen molar-refractivity contribution in [1.29, 1.82) is 0 Å². The second-order valence-corrected chi connectivity index (χ2v) is 3.92. The summed E-state index contributed by atoms with van der Waals surface area (Å²) in [4.78, 5) is 2.30. The molecule has 1 aromatic carbocycles. The summed E-state index contributed by atoms with van der Waals surface area (Å²) in [6, 6.07) is 8.32. The number of likely N-dealkylation sites (N-methyl/N-ethyl adjacent to an activating group) is 2. The smallest absolute Gasteiger partial charge is 0.119 e. The van der Waals surface area contributed by atoms with Crippen LogP contribution < -0.4 is 10.1 Å². The fraction of sp³-hybridized carbons (Fsp3) is 0.538. The lowest BCUT2D eigenvalue weighted by Gasteiger charge is -2.16. The Hall–Kier alpha value is -1.06. The molecule has 1 rings (SSSR count). The van der Waals surface area contributed by atoms with Gasteiger partial charge in [0.05, 0.1) is 6.61 Å². The van der Waals surface area contributed by atoms with E-state index in [1.165, 1.54) is 5.56 Å². The van der Waals surface area contributed by atoms with Gasteiger partial charge < -0.3 is 15.0 Å². The molecule has 0 heterocycles. The van der Waals surface area contributed by atoms with Crippen molar-refractivity contribution in [3.05, 3.63) is 29.8 Å². The normalized spacial score (nSPS) is 10.8. The van der Waals surface area contributed by atoms with E-state index < -0.39 is 0 Å². The van der Waals surface area contributed by atoms with Gasteiger partial charge >= 0.3 is 0 Å². The maximum absolute atomic E-state index is 5.41. The van der Waals surface area contributed by atoms with Crippen LogP contribution >= 0.6 is 0 Å². The Morgan fingerprint density at radius 1 is 1.25 bits per heavy atom. The molecular weight excluding hydrogens is 200 g/mol. The number of benzene rings is 1. The van der Waals surface area contributed by atoms with Crippen molar-refractivity contribution in [2.24, 2.45) is 0 Å². The summed E-state index contributed by atoms with van der Waals surface area (Å²) in [5, 5.41) is 3.15. The van der Waals surface area contributed by atoms with Crippen LogP contribution in [0.1, 0.15) is 12.5 Å². The topological polar surface area (TPSA) is 24.5 Å².